The van der Waals surface area contributed by atoms with E-state index in [1.54, 1.807) is 25.0 Å². The highest BCUT2D eigenvalue weighted by molar-refractivity contribution is 6.01. The summed E-state index contributed by atoms with van der Waals surface area (Å²) in [4.78, 5) is 27.2. The van der Waals surface area contributed by atoms with E-state index in [2.05, 4.69) is 10.4 Å². The largest absolute Gasteiger partial charge is 0.332 e. The van der Waals surface area contributed by atoms with Gasteiger partial charge < -0.3 is 14.8 Å². The smallest absolute Gasteiger partial charge is 0.259 e. The third kappa shape index (κ3) is 4.01. The molecule has 3 rings (SSSR count). The lowest BCUT2D eigenvalue weighted by Gasteiger charge is -2.19. The Kier molecular flexibility index (Phi) is 5.82. The van der Waals surface area contributed by atoms with Crippen LogP contribution in [0, 0.1) is 34.6 Å². The summed E-state index contributed by atoms with van der Waals surface area (Å²) in [6, 6.07) is 8.06. The minimum atomic E-state index is -0.252. The molecule has 0 saturated carbocycles. The zero-order chi connectivity index (χ0) is 22.2. The molecule has 2 amide bonds. The number of aryl methyl sites for hydroxylation is 6. The molecule has 1 N–H and O–H groups in total. The van der Waals surface area contributed by atoms with Crippen molar-refractivity contribution in [3.05, 3.63) is 64.1 Å². The van der Waals surface area contributed by atoms with Crippen LogP contribution >= 0.6 is 0 Å². The average molecular weight is 408 g/mol. The quantitative estimate of drug-likeness (QED) is 0.704. The van der Waals surface area contributed by atoms with Crippen molar-refractivity contribution in [1.82, 2.24) is 19.2 Å². The van der Waals surface area contributed by atoms with Gasteiger partial charge >= 0.3 is 0 Å². The molecule has 158 valence electrons. The summed E-state index contributed by atoms with van der Waals surface area (Å²) >= 11 is 0. The van der Waals surface area contributed by atoms with Crippen LogP contribution in [-0.4, -0.2) is 44.7 Å². The molecular weight excluding hydrogens is 378 g/mol. The van der Waals surface area contributed by atoms with Gasteiger partial charge in [0.15, 0.2) is 0 Å². The second-order valence-corrected chi connectivity index (χ2v) is 7.94. The first-order valence-corrected chi connectivity index (χ1v) is 9.90. The van der Waals surface area contributed by atoms with Gasteiger partial charge in [0.2, 0.25) is 5.91 Å². The molecule has 0 atom stereocenters. The van der Waals surface area contributed by atoms with Crippen LogP contribution in [-0.2, 0) is 11.8 Å². The number of carbonyl (C=O) groups excluding carboxylic acids is 2. The van der Waals surface area contributed by atoms with Gasteiger partial charge in [-0.3, -0.25) is 14.3 Å². The highest BCUT2D eigenvalue weighted by atomic mass is 16.2. The van der Waals surface area contributed by atoms with Crippen molar-refractivity contribution < 1.29 is 9.59 Å². The second kappa shape index (κ2) is 8.18. The lowest BCUT2D eigenvalue weighted by Crippen LogP contribution is -2.35. The van der Waals surface area contributed by atoms with Crippen LogP contribution in [0.4, 0.5) is 5.69 Å². The maximum absolute atomic E-state index is 13.1. The van der Waals surface area contributed by atoms with Crippen molar-refractivity contribution in [1.29, 1.82) is 0 Å². The summed E-state index contributed by atoms with van der Waals surface area (Å²) < 4.78 is 3.67. The minimum Gasteiger partial charge on any atom is -0.332 e. The summed E-state index contributed by atoms with van der Waals surface area (Å²) in [6.45, 7) is 9.87. The zero-order valence-corrected chi connectivity index (χ0v) is 18.7. The minimum absolute atomic E-state index is 0.0520. The van der Waals surface area contributed by atoms with Crippen LogP contribution in [0.2, 0.25) is 0 Å². The monoisotopic (exact) mass is 407 g/mol. The van der Waals surface area contributed by atoms with Crippen molar-refractivity contribution in [3.63, 3.8) is 0 Å². The normalized spacial score (nSPS) is 10.9. The zero-order valence-electron chi connectivity index (χ0n) is 18.7. The molecule has 0 saturated heterocycles. The van der Waals surface area contributed by atoms with Crippen LogP contribution in [0.15, 0.2) is 30.5 Å². The van der Waals surface area contributed by atoms with Gasteiger partial charge in [-0.1, -0.05) is 17.7 Å². The Morgan fingerprint density at radius 2 is 1.60 bits per heavy atom. The van der Waals surface area contributed by atoms with E-state index in [1.807, 2.05) is 63.5 Å². The lowest BCUT2D eigenvalue weighted by molar-refractivity contribution is -0.116. The fraction of sp³-hybridized carbons (Fsp3) is 0.348. The molecule has 0 aliphatic carbocycles. The van der Waals surface area contributed by atoms with Gasteiger partial charge in [-0.05, 0) is 57.9 Å². The second-order valence-electron chi connectivity index (χ2n) is 7.94. The third-order valence-electron chi connectivity index (χ3n) is 5.29. The Morgan fingerprint density at radius 1 is 1.03 bits per heavy atom. The molecule has 0 aliphatic rings. The summed E-state index contributed by atoms with van der Waals surface area (Å²) in [5, 5.41) is 7.23. The number of hydrogen-bond acceptors (Lipinski definition) is 3. The predicted molar refractivity (Wildman–Crippen MR) is 118 cm³/mol. The number of anilines is 1. The first kappa shape index (κ1) is 21.4. The molecule has 0 spiro atoms. The fourth-order valence-electron chi connectivity index (χ4n) is 3.90. The Morgan fingerprint density at radius 3 is 2.17 bits per heavy atom. The molecule has 0 unspecified atom stereocenters. The predicted octanol–water partition coefficient (Wildman–Crippen LogP) is 3.46. The van der Waals surface area contributed by atoms with E-state index in [1.165, 1.54) is 4.90 Å². The Hall–Kier alpha value is -3.35. The summed E-state index contributed by atoms with van der Waals surface area (Å²) in [5.41, 5.74) is 6.43. The maximum atomic E-state index is 13.1. The first-order chi connectivity index (χ1) is 14.1. The molecule has 7 nitrogen and oxygen atoms in total. The summed E-state index contributed by atoms with van der Waals surface area (Å²) in [6.07, 6.45) is 1.55. The highest BCUT2D eigenvalue weighted by Gasteiger charge is 2.24. The number of likely N-dealkylation sites (N-methyl/N-ethyl adjacent to an activating group) is 1. The number of amides is 2. The van der Waals surface area contributed by atoms with E-state index >= 15 is 0 Å². The first-order valence-electron chi connectivity index (χ1n) is 9.90. The van der Waals surface area contributed by atoms with E-state index in [-0.39, 0.29) is 18.4 Å². The van der Waals surface area contributed by atoms with Crippen molar-refractivity contribution in [2.24, 2.45) is 7.05 Å². The number of hydrogen-bond donors (Lipinski definition) is 1. The highest BCUT2D eigenvalue weighted by Crippen LogP contribution is 2.23. The average Bonchev–Trinajstić information content (AvgIpc) is 3.19. The van der Waals surface area contributed by atoms with Crippen molar-refractivity contribution >= 4 is 17.5 Å². The maximum Gasteiger partial charge on any atom is 0.259 e. The van der Waals surface area contributed by atoms with Gasteiger partial charge in [0.25, 0.3) is 5.91 Å². The Bertz CT molecular complexity index is 1080. The molecule has 7 heteroatoms. The van der Waals surface area contributed by atoms with Crippen LogP contribution in [0.25, 0.3) is 5.82 Å². The molecule has 0 bridgehead atoms. The number of rotatable bonds is 5. The number of carbonyl (C=O) groups is 2. The number of nitrogens with one attached hydrogen (secondary N) is 1. The molecule has 2 heterocycles. The van der Waals surface area contributed by atoms with E-state index < -0.39 is 0 Å². The van der Waals surface area contributed by atoms with Gasteiger partial charge in [-0.25, -0.2) is 0 Å². The molecule has 0 fully saturated rings. The van der Waals surface area contributed by atoms with E-state index in [4.69, 9.17) is 0 Å². The van der Waals surface area contributed by atoms with Crippen LogP contribution in [0.3, 0.4) is 0 Å². The molecule has 30 heavy (non-hydrogen) atoms. The van der Waals surface area contributed by atoms with E-state index in [0.29, 0.717) is 11.4 Å². The Balaban J connectivity index is 1.80. The van der Waals surface area contributed by atoms with Gasteiger partial charge in [-0.2, -0.15) is 5.10 Å². The molecule has 3 aromatic rings. The lowest BCUT2D eigenvalue weighted by atomic mass is 10.1. The van der Waals surface area contributed by atoms with E-state index in [0.717, 1.165) is 33.8 Å². The van der Waals surface area contributed by atoms with Crippen LogP contribution in [0.1, 0.15) is 38.4 Å². The van der Waals surface area contributed by atoms with Crippen molar-refractivity contribution in [2.75, 3.05) is 18.9 Å². The standard InChI is InChI=1S/C23H29N5O2/c1-14-10-15(2)21(16(3)11-14)25-20(29)13-26(6)23(30)19-12-24-27(7)22(19)28-17(4)8-9-18(28)5/h8-12H,13H2,1-7H3,(H,25,29). The van der Waals surface area contributed by atoms with Crippen molar-refractivity contribution in [3.8, 4) is 5.82 Å². The van der Waals surface area contributed by atoms with E-state index in [9.17, 15) is 9.59 Å². The SMILES string of the molecule is Cc1cc(C)c(NC(=O)CN(C)C(=O)c2cnn(C)c2-n2c(C)ccc2C)c(C)c1. The molecule has 2 aromatic heterocycles. The number of benzene rings is 1. The van der Waals surface area contributed by atoms with Crippen molar-refractivity contribution in [2.45, 2.75) is 34.6 Å². The van der Waals surface area contributed by atoms with Crippen LogP contribution in [0.5, 0.6) is 0 Å². The molecular formula is C23H29N5O2. The van der Waals surface area contributed by atoms with Crippen LogP contribution < -0.4 is 5.32 Å². The van der Waals surface area contributed by atoms with Gasteiger partial charge in [-0.15, -0.1) is 0 Å². The fourth-order valence-corrected chi connectivity index (χ4v) is 3.90. The summed E-state index contributed by atoms with van der Waals surface area (Å²) in [7, 11) is 3.43. The summed E-state index contributed by atoms with van der Waals surface area (Å²) in [5.74, 6) is 0.204. The number of aromatic nitrogens is 3. The topological polar surface area (TPSA) is 72.2 Å². The molecule has 0 radical (unpaired) electrons. The van der Waals surface area contributed by atoms with Gasteiger partial charge in [0, 0.05) is 31.2 Å². The van der Waals surface area contributed by atoms with Gasteiger partial charge in [0.1, 0.15) is 11.4 Å². The molecule has 1 aromatic carbocycles. The third-order valence-corrected chi connectivity index (χ3v) is 5.29. The Labute approximate surface area is 177 Å². The van der Waals surface area contributed by atoms with Gasteiger partial charge in [0.05, 0.1) is 12.7 Å². The number of nitrogens with zero attached hydrogens (tertiary/aromatic N) is 4. The molecule has 0 aliphatic heterocycles.